The number of rotatable bonds is 7. The van der Waals surface area contributed by atoms with Crippen molar-refractivity contribution in [3.05, 3.63) is 58.6 Å². The fourth-order valence-electron chi connectivity index (χ4n) is 3.68. The van der Waals surface area contributed by atoms with Crippen LogP contribution >= 0.6 is 11.6 Å². The van der Waals surface area contributed by atoms with Crippen molar-refractivity contribution in [2.24, 2.45) is 0 Å². The summed E-state index contributed by atoms with van der Waals surface area (Å²) >= 11 is 6.32. The van der Waals surface area contributed by atoms with Crippen LogP contribution in [0, 0.1) is 0 Å². The monoisotopic (exact) mass is 386 g/mol. The van der Waals surface area contributed by atoms with Gasteiger partial charge in [0.05, 0.1) is 0 Å². The molecule has 2 aliphatic rings. The van der Waals surface area contributed by atoms with E-state index >= 15 is 0 Å². The van der Waals surface area contributed by atoms with Gasteiger partial charge in [0.15, 0.2) is 11.5 Å². The third kappa shape index (κ3) is 4.20. The molecule has 2 aromatic rings. The first-order chi connectivity index (χ1) is 13.2. The summed E-state index contributed by atoms with van der Waals surface area (Å²) < 4.78 is 10.7. The van der Waals surface area contributed by atoms with Crippen molar-refractivity contribution in [2.45, 2.75) is 38.4 Å². The number of likely N-dealkylation sites (tertiary alicyclic amines) is 1. The van der Waals surface area contributed by atoms with Crippen molar-refractivity contribution in [2.75, 3.05) is 13.3 Å². The molecule has 0 aliphatic carbocycles. The summed E-state index contributed by atoms with van der Waals surface area (Å²) in [5.41, 5.74) is 2.17. The van der Waals surface area contributed by atoms with E-state index in [0.29, 0.717) is 30.3 Å². The number of halogens is 1. The molecule has 1 N–H and O–H groups in total. The van der Waals surface area contributed by atoms with E-state index in [1.807, 2.05) is 29.2 Å². The lowest BCUT2D eigenvalue weighted by atomic mass is 10.1. The van der Waals surface area contributed by atoms with Crippen LogP contribution in [0.2, 0.25) is 5.02 Å². The Balaban J connectivity index is 1.29. The van der Waals surface area contributed by atoms with Gasteiger partial charge in [0.25, 0.3) is 0 Å². The molecule has 1 atom stereocenters. The molecular formula is C21H23ClN2O3. The molecule has 1 amide bonds. The highest BCUT2D eigenvalue weighted by molar-refractivity contribution is 6.31. The first-order valence-corrected chi connectivity index (χ1v) is 9.70. The predicted molar refractivity (Wildman–Crippen MR) is 104 cm³/mol. The molecule has 0 aromatic heterocycles. The zero-order valence-electron chi connectivity index (χ0n) is 15.1. The molecular weight excluding hydrogens is 364 g/mol. The highest BCUT2D eigenvalue weighted by Crippen LogP contribution is 2.36. The van der Waals surface area contributed by atoms with Crippen LogP contribution in [0.4, 0.5) is 0 Å². The fourth-order valence-corrected chi connectivity index (χ4v) is 3.90. The van der Waals surface area contributed by atoms with Gasteiger partial charge in [0.2, 0.25) is 12.7 Å². The highest BCUT2D eigenvalue weighted by atomic mass is 35.5. The predicted octanol–water partition coefficient (Wildman–Crippen LogP) is 3.74. The maximum absolute atomic E-state index is 12.3. The molecule has 4 rings (SSSR count). The Morgan fingerprint density at radius 2 is 1.93 bits per heavy atom. The van der Waals surface area contributed by atoms with Crippen molar-refractivity contribution in [1.29, 1.82) is 0 Å². The first kappa shape index (κ1) is 18.1. The Kier molecular flexibility index (Phi) is 5.50. The minimum Gasteiger partial charge on any atom is -0.454 e. The smallest absolute Gasteiger partial charge is 0.231 e. The van der Waals surface area contributed by atoms with Crippen molar-refractivity contribution in [3.63, 3.8) is 0 Å². The molecule has 0 bridgehead atoms. The topological polar surface area (TPSA) is 50.8 Å². The molecule has 1 saturated heterocycles. The zero-order chi connectivity index (χ0) is 18.6. The van der Waals surface area contributed by atoms with E-state index in [1.54, 1.807) is 6.07 Å². The largest absolute Gasteiger partial charge is 0.454 e. The van der Waals surface area contributed by atoms with Crippen LogP contribution < -0.4 is 14.8 Å². The fraction of sp³-hybridized carbons (Fsp3) is 0.381. The van der Waals surface area contributed by atoms with E-state index in [0.717, 1.165) is 30.7 Å². The molecule has 0 saturated carbocycles. The van der Waals surface area contributed by atoms with E-state index in [9.17, 15) is 4.79 Å². The van der Waals surface area contributed by atoms with E-state index in [1.165, 1.54) is 5.56 Å². The van der Waals surface area contributed by atoms with E-state index in [2.05, 4.69) is 17.4 Å². The van der Waals surface area contributed by atoms with Gasteiger partial charge >= 0.3 is 0 Å². The van der Waals surface area contributed by atoms with Gasteiger partial charge in [-0.05, 0) is 36.6 Å². The Bertz CT molecular complexity index is 813. The molecule has 6 heteroatoms. The molecule has 5 nitrogen and oxygen atoms in total. The van der Waals surface area contributed by atoms with Gasteiger partial charge in [0, 0.05) is 36.6 Å². The molecule has 1 fully saturated rings. The molecule has 2 heterocycles. The second-order valence-electron chi connectivity index (χ2n) is 6.96. The number of carbonyl (C=O) groups is 1. The summed E-state index contributed by atoms with van der Waals surface area (Å²) in [6, 6.07) is 14.2. The lowest BCUT2D eigenvalue weighted by molar-refractivity contribution is -0.129. The summed E-state index contributed by atoms with van der Waals surface area (Å²) in [5.74, 6) is 1.69. The Hall–Kier alpha value is -2.24. The van der Waals surface area contributed by atoms with Crippen LogP contribution in [-0.2, 0) is 17.9 Å². The van der Waals surface area contributed by atoms with Crippen LogP contribution in [0.1, 0.15) is 30.4 Å². The number of ether oxygens (including phenoxy) is 2. The molecule has 0 spiro atoms. The molecule has 27 heavy (non-hydrogen) atoms. The molecule has 142 valence electrons. The number of amides is 1. The molecule has 1 unspecified atom stereocenters. The third-order valence-electron chi connectivity index (χ3n) is 5.16. The van der Waals surface area contributed by atoms with E-state index < -0.39 is 0 Å². The second-order valence-corrected chi connectivity index (χ2v) is 7.37. The van der Waals surface area contributed by atoms with Gasteiger partial charge < -0.3 is 19.7 Å². The second kappa shape index (κ2) is 8.19. The lowest BCUT2D eigenvalue weighted by Crippen LogP contribution is -2.34. The number of hydrogen-bond acceptors (Lipinski definition) is 4. The normalized spacial score (nSPS) is 18.3. The first-order valence-electron chi connectivity index (χ1n) is 9.33. The average molecular weight is 387 g/mol. The number of hydrogen-bond donors (Lipinski definition) is 1. The minimum absolute atomic E-state index is 0.246. The SMILES string of the molecule is O=C1CCC(CCNCc2cc3c(cc2Cl)OCO3)N1Cc1ccccc1. The number of nitrogens with zero attached hydrogens (tertiary/aromatic N) is 1. The summed E-state index contributed by atoms with van der Waals surface area (Å²) in [6.07, 6.45) is 2.50. The Morgan fingerprint density at radius 1 is 1.15 bits per heavy atom. The number of carbonyl (C=O) groups excluding carboxylic acids is 1. The van der Waals surface area contributed by atoms with Gasteiger partial charge in [-0.15, -0.1) is 0 Å². The Morgan fingerprint density at radius 3 is 2.74 bits per heavy atom. The third-order valence-corrected chi connectivity index (χ3v) is 5.51. The minimum atomic E-state index is 0.246. The van der Waals surface area contributed by atoms with Gasteiger partial charge in [-0.2, -0.15) is 0 Å². The maximum atomic E-state index is 12.3. The van der Waals surface area contributed by atoms with Crippen LogP contribution in [0.25, 0.3) is 0 Å². The van der Waals surface area contributed by atoms with Gasteiger partial charge in [0.1, 0.15) is 0 Å². The van der Waals surface area contributed by atoms with Crippen LogP contribution in [0.15, 0.2) is 42.5 Å². The quantitative estimate of drug-likeness (QED) is 0.736. The van der Waals surface area contributed by atoms with Crippen LogP contribution in [0.3, 0.4) is 0 Å². The van der Waals surface area contributed by atoms with Crippen molar-refractivity contribution < 1.29 is 14.3 Å². The molecule has 2 aliphatic heterocycles. The van der Waals surface area contributed by atoms with Crippen molar-refractivity contribution in [3.8, 4) is 11.5 Å². The van der Waals surface area contributed by atoms with Crippen LogP contribution in [0.5, 0.6) is 11.5 Å². The summed E-state index contributed by atoms with van der Waals surface area (Å²) in [6.45, 7) is 2.43. The highest BCUT2D eigenvalue weighted by Gasteiger charge is 2.30. The van der Waals surface area contributed by atoms with Crippen LogP contribution in [-0.4, -0.2) is 30.2 Å². The number of fused-ring (bicyclic) bond motifs is 1. The average Bonchev–Trinajstić information content (AvgIpc) is 3.26. The zero-order valence-corrected chi connectivity index (χ0v) is 15.9. The molecule has 0 radical (unpaired) electrons. The maximum Gasteiger partial charge on any atom is 0.231 e. The van der Waals surface area contributed by atoms with E-state index in [4.69, 9.17) is 21.1 Å². The summed E-state index contributed by atoms with van der Waals surface area (Å²) in [4.78, 5) is 14.3. The van der Waals surface area contributed by atoms with Crippen molar-refractivity contribution in [1.82, 2.24) is 10.2 Å². The van der Waals surface area contributed by atoms with Gasteiger partial charge in [-0.1, -0.05) is 41.9 Å². The van der Waals surface area contributed by atoms with Gasteiger partial charge in [-0.25, -0.2) is 0 Å². The summed E-state index contributed by atoms with van der Waals surface area (Å²) in [7, 11) is 0. The number of benzene rings is 2. The summed E-state index contributed by atoms with van der Waals surface area (Å²) in [5, 5.41) is 4.12. The van der Waals surface area contributed by atoms with Gasteiger partial charge in [-0.3, -0.25) is 4.79 Å². The molecule has 2 aromatic carbocycles. The van der Waals surface area contributed by atoms with Crippen molar-refractivity contribution >= 4 is 17.5 Å². The van der Waals surface area contributed by atoms with E-state index in [-0.39, 0.29) is 18.7 Å². The Labute approximate surface area is 164 Å². The number of nitrogens with one attached hydrogen (secondary N) is 1. The standard InChI is InChI=1S/C21H23ClN2O3/c22-18-11-20-19(26-14-27-20)10-16(18)12-23-9-8-17-6-7-21(25)24(17)13-15-4-2-1-3-5-15/h1-5,10-11,17,23H,6-9,12-14H2. The lowest BCUT2D eigenvalue weighted by Gasteiger charge is -2.25.